The molecule has 0 saturated carbocycles. The number of hydrogen-bond donors (Lipinski definition) is 1. The Kier molecular flexibility index (Phi) is 5.02. The summed E-state index contributed by atoms with van der Waals surface area (Å²) >= 11 is 0. The van der Waals surface area contributed by atoms with Gasteiger partial charge in [-0.15, -0.1) is 0 Å². The van der Waals surface area contributed by atoms with Crippen LogP contribution in [0.25, 0.3) is 0 Å². The van der Waals surface area contributed by atoms with Gasteiger partial charge in [-0.3, -0.25) is 9.78 Å². The number of nitrogens with zero attached hydrogens (tertiary/aromatic N) is 3. The van der Waals surface area contributed by atoms with Crippen LogP contribution in [0.2, 0.25) is 0 Å². The van der Waals surface area contributed by atoms with E-state index in [1.54, 1.807) is 17.8 Å². The largest absolute Gasteiger partial charge is 0.433 e. The first-order chi connectivity index (χ1) is 10.8. The number of pyridine rings is 1. The third kappa shape index (κ3) is 4.08. The molecule has 23 heavy (non-hydrogen) atoms. The van der Waals surface area contributed by atoms with Crippen LogP contribution in [0.15, 0.2) is 24.5 Å². The number of amides is 1. The average molecular weight is 326 g/mol. The second-order valence-corrected chi connectivity index (χ2v) is 5.14. The fourth-order valence-electron chi connectivity index (χ4n) is 1.99. The summed E-state index contributed by atoms with van der Waals surface area (Å²) < 4.78 is 39.1. The van der Waals surface area contributed by atoms with Crippen LogP contribution in [0.5, 0.6) is 0 Å². The highest BCUT2D eigenvalue weighted by Gasteiger charge is 2.32. The summed E-state index contributed by atoms with van der Waals surface area (Å²) in [5, 5.41) is 6.87. The maximum atomic E-state index is 12.5. The summed E-state index contributed by atoms with van der Waals surface area (Å²) in [4.78, 5) is 15.5. The maximum absolute atomic E-state index is 12.5. The Morgan fingerprint density at radius 3 is 2.61 bits per heavy atom. The molecule has 0 fully saturated rings. The van der Waals surface area contributed by atoms with Crippen molar-refractivity contribution in [3.05, 3.63) is 41.3 Å². The zero-order valence-electron chi connectivity index (χ0n) is 12.8. The lowest BCUT2D eigenvalue weighted by molar-refractivity contribution is -0.141. The Balaban J connectivity index is 2.15. The van der Waals surface area contributed by atoms with Crippen molar-refractivity contribution in [1.82, 2.24) is 14.8 Å². The number of rotatable bonds is 5. The zero-order chi connectivity index (χ0) is 17.0. The van der Waals surface area contributed by atoms with Gasteiger partial charge < -0.3 is 5.32 Å². The van der Waals surface area contributed by atoms with Crippen molar-refractivity contribution in [2.75, 3.05) is 5.32 Å². The molecule has 0 atom stereocenters. The van der Waals surface area contributed by atoms with Crippen LogP contribution in [-0.4, -0.2) is 20.7 Å². The van der Waals surface area contributed by atoms with Crippen molar-refractivity contribution in [2.45, 2.75) is 39.4 Å². The Hall–Kier alpha value is -2.38. The normalized spacial score (nSPS) is 11.5. The summed E-state index contributed by atoms with van der Waals surface area (Å²) in [7, 11) is 0. The third-order valence-corrected chi connectivity index (χ3v) is 3.29. The van der Waals surface area contributed by atoms with Crippen molar-refractivity contribution < 1.29 is 18.0 Å². The van der Waals surface area contributed by atoms with Crippen molar-refractivity contribution in [1.29, 1.82) is 0 Å². The Morgan fingerprint density at radius 1 is 1.30 bits per heavy atom. The SMILES string of the molecule is CCCCn1ncc(C)c1NC(=O)c1ccc(C(F)(F)F)nc1. The van der Waals surface area contributed by atoms with E-state index >= 15 is 0 Å². The lowest BCUT2D eigenvalue weighted by Crippen LogP contribution is -2.17. The maximum Gasteiger partial charge on any atom is 0.433 e. The molecular weight excluding hydrogens is 309 g/mol. The minimum atomic E-state index is -4.52. The predicted octanol–water partition coefficient (Wildman–Crippen LogP) is 3.66. The number of nitrogens with one attached hydrogen (secondary N) is 1. The Labute approximate surface area is 131 Å². The number of anilines is 1. The highest BCUT2D eigenvalue weighted by molar-refractivity contribution is 6.03. The smallest absolute Gasteiger partial charge is 0.307 e. The molecule has 0 aromatic carbocycles. The van der Waals surface area contributed by atoms with E-state index in [0.717, 1.165) is 36.7 Å². The number of alkyl halides is 3. The van der Waals surface area contributed by atoms with Crippen molar-refractivity contribution in [3.8, 4) is 0 Å². The van der Waals surface area contributed by atoms with Crippen molar-refractivity contribution in [2.24, 2.45) is 0 Å². The van der Waals surface area contributed by atoms with Gasteiger partial charge in [0.25, 0.3) is 5.91 Å². The first-order valence-corrected chi connectivity index (χ1v) is 7.20. The quantitative estimate of drug-likeness (QED) is 0.912. The summed E-state index contributed by atoms with van der Waals surface area (Å²) in [6.45, 7) is 4.50. The summed E-state index contributed by atoms with van der Waals surface area (Å²) in [6, 6.07) is 1.89. The summed E-state index contributed by atoms with van der Waals surface area (Å²) in [5.41, 5.74) is -0.187. The molecule has 1 N–H and O–H groups in total. The first kappa shape index (κ1) is 17.0. The number of carbonyl (C=O) groups excluding carboxylic acids is 1. The van der Waals surface area contributed by atoms with E-state index in [2.05, 4.69) is 15.4 Å². The first-order valence-electron chi connectivity index (χ1n) is 7.20. The molecule has 5 nitrogen and oxygen atoms in total. The molecule has 0 aliphatic heterocycles. The minimum absolute atomic E-state index is 0.0561. The molecule has 2 heterocycles. The van der Waals surface area contributed by atoms with Gasteiger partial charge in [0.05, 0.1) is 11.8 Å². The van der Waals surface area contributed by atoms with E-state index < -0.39 is 17.8 Å². The molecule has 2 aromatic rings. The summed E-state index contributed by atoms with van der Waals surface area (Å²) in [5.74, 6) is 0.0240. The molecule has 8 heteroatoms. The lowest BCUT2D eigenvalue weighted by atomic mass is 10.2. The van der Waals surface area contributed by atoms with Crippen LogP contribution in [0.1, 0.15) is 41.4 Å². The number of unbranched alkanes of at least 4 members (excludes halogenated alkanes) is 1. The molecule has 0 spiro atoms. The second kappa shape index (κ2) is 6.80. The molecule has 1 amide bonds. The van der Waals surface area contributed by atoms with Gasteiger partial charge in [0, 0.05) is 18.3 Å². The third-order valence-electron chi connectivity index (χ3n) is 3.29. The van der Waals surface area contributed by atoms with Gasteiger partial charge in [0.15, 0.2) is 0 Å². The van der Waals surface area contributed by atoms with E-state index in [9.17, 15) is 18.0 Å². The standard InChI is InChI=1S/C15H17F3N4O/c1-3-4-7-22-13(10(2)8-20-22)21-14(23)11-5-6-12(19-9-11)15(16,17)18/h5-6,8-9H,3-4,7H2,1-2H3,(H,21,23). The highest BCUT2D eigenvalue weighted by Crippen LogP contribution is 2.27. The molecule has 0 aliphatic carbocycles. The van der Waals surface area contributed by atoms with Crippen molar-refractivity contribution >= 4 is 11.7 Å². The molecule has 0 aliphatic rings. The van der Waals surface area contributed by atoms with E-state index in [-0.39, 0.29) is 5.56 Å². The topological polar surface area (TPSA) is 59.8 Å². The Morgan fingerprint density at radius 2 is 2.04 bits per heavy atom. The monoisotopic (exact) mass is 326 g/mol. The molecule has 2 aromatic heterocycles. The van der Waals surface area contributed by atoms with Gasteiger partial charge in [-0.25, -0.2) is 4.68 Å². The van der Waals surface area contributed by atoms with Crippen LogP contribution < -0.4 is 5.32 Å². The van der Waals surface area contributed by atoms with Crippen LogP contribution in [0, 0.1) is 6.92 Å². The lowest BCUT2D eigenvalue weighted by Gasteiger charge is -2.10. The molecule has 0 radical (unpaired) electrons. The van der Waals surface area contributed by atoms with E-state index in [0.29, 0.717) is 12.4 Å². The number of carbonyl (C=O) groups is 1. The molecule has 124 valence electrons. The van der Waals surface area contributed by atoms with Crippen LogP contribution >= 0.6 is 0 Å². The fourth-order valence-corrected chi connectivity index (χ4v) is 1.99. The summed E-state index contributed by atoms with van der Waals surface area (Å²) in [6.07, 6.45) is -0.0815. The van der Waals surface area contributed by atoms with E-state index in [1.807, 2.05) is 6.92 Å². The van der Waals surface area contributed by atoms with E-state index in [1.165, 1.54) is 0 Å². The Bertz CT molecular complexity index is 677. The van der Waals surface area contributed by atoms with Crippen molar-refractivity contribution in [3.63, 3.8) is 0 Å². The van der Waals surface area contributed by atoms with Gasteiger partial charge in [0.1, 0.15) is 11.5 Å². The number of hydrogen-bond acceptors (Lipinski definition) is 3. The van der Waals surface area contributed by atoms with Gasteiger partial charge in [-0.2, -0.15) is 18.3 Å². The van der Waals surface area contributed by atoms with E-state index in [4.69, 9.17) is 0 Å². The molecular formula is C15H17F3N4O. The average Bonchev–Trinajstić information content (AvgIpc) is 2.85. The number of aryl methyl sites for hydroxylation is 2. The van der Waals surface area contributed by atoms with Gasteiger partial charge in [0.2, 0.25) is 0 Å². The highest BCUT2D eigenvalue weighted by atomic mass is 19.4. The van der Waals surface area contributed by atoms with Crippen LogP contribution in [0.4, 0.5) is 19.0 Å². The van der Waals surface area contributed by atoms with Crippen LogP contribution in [0.3, 0.4) is 0 Å². The molecule has 0 saturated heterocycles. The number of halogens is 3. The second-order valence-electron chi connectivity index (χ2n) is 5.14. The van der Waals surface area contributed by atoms with Gasteiger partial charge >= 0.3 is 6.18 Å². The zero-order valence-corrected chi connectivity index (χ0v) is 12.8. The minimum Gasteiger partial charge on any atom is -0.307 e. The fraction of sp³-hybridized carbons (Fsp3) is 0.400. The molecule has 0 bridgehead atoms. The van der Waals surface area contributed by atoms with Crippen LogP contribution in [-0.2, 0) is 12.7 Å². The van der Waals surface area contributed by atoms with Gasteiger partial charge in [-0.1, -0.05) is 13.3 Å². The molecule has 2 rings (SSSR count). The number of aromatic nitrogens is 3. The van der Waals surface area contributed by atoms with Gasteiger partial charge in [-0.05, 0) is 25.5 Å². The molecule has 0 unspecified atom stereocenters. The predicted molar refractivity (Wildman–Crippen MR) is 79.1 cm³/mol.